The van der Waals surface area contributed by atoms with Crippen LogP contribution in [0.5, 0.6) is 0 Å². The minimum Gasteiger partial charge on any atom is -0.465 e. The van der Waals surface area contributed by atoms with Crippen LogP contribution in [0.3, 0.4) is 0 Å². The second-order valence-corrected chi connectivity index (χ2v) is 13.2. The van der Waals surface area contributed by atoms with Gasteiger partial charge >= 0.3 is 11.9 Å². The quantitative estimate of drug-likeness (QED) is 0.0563. The molecule has 0 aliphatic heterocycles. The molecule has 2 unspecified atom stereocenters. The van der Waals surface area contributed by atoms with E-state index in [0.29, 0.717) is 32.1 Å². The molecular formula is C35H69NO5S. The summed E-state index contributed by atoms with van der Waals surface area (Å²) in [5, 5.41) is 12.5. The smallest absolute Gasteiger partial charge is 0.323 e. The fourth-order valence-electron chi connectivity index (χ4n) is 5.29. The zero-order valence-corrected chi connectivity index (χ0v) is 28.8. The lowest BCUT2D eigenvalue weighted by Gasteiger charge is -2.19. The number of esters is 2. The van der Waals surface area contributed by atoms with Gasteiger partial charge in [0.05, 0.1) is 13.2 Å². The number of hydrogen-bond acceptors (Lipinski definition) is 7. The van der Waals surface area contributed by atoms with Gasteiger partial charge in [-0.15, -0.1) is 0 Å². The summed E-state index contributed by atoms with van der Waals surface area (Å²) in [5.41, 5.74) is 0. The summed E-state index contributed by atoms with van der Waals surface area (Å²) in [6, 6.07) is -0.333. The van der Waals surface area contributed by atoms with Crippen LogP contribution in [-0.4, -0.2) is 61.0 Å². The van der Waals surface area contributed by atoms with Crippen LogP contribution in [0.25, 0.3) is 0 Å². The summed E-state index contributed by atoms with van der Waals surface area (Å²) in [7, 11) is 0. The maximum absolute atomic E-state index is 12.7. The van der Waals surface area contributed by atoms with Gasteiger partial charge in [-0.3, -0.25) is 9.59 Å². The summed E-state index contributed by atoms with van der Waals surface area (Å²) < 4.78 is 11.0. The van der Waals surface area contributed by atoms with Crippen LogP contribution in [0.1, 0.15) is 162 Å². The van der Waals surface area contributed by atoms with Gasteiger partial charge < -0.3 is 19.9 Å². The molecule has 6 nitrogen and oxygen atoms in total. The number of ether oxygens (including phenoxy) is 2. The predicted octanol–water partition coefficient (Wildman–Crippen LogP) is 9.01. The van der Waals surface area contributed by atoms with E-state index >= 15 is 0 Å². The number of nitrogens with one attached hydrogen (secondary N) is 1. The number of carbonyl (C=O) groups excluding carboxylic acids is 2. The average molecular weight is 616 g/mol. The molecule has 0 saturated heterocycles. The Kier molecular flexibility index (Phi) is 32.5. The zero-order valence-electron chi connectivity index (χ0n) is 27.9. The van der Waals surface area contributed by atoms with Gasteiger partial charge in [0.1, 0.15) is 12.6 Å². The molecule has 0 fully saturated rings. The predicted molar refractivity (Wildman–Crippen MR) is 180 cm³/mol. The molecule has 2 atom stereocenters. The van der Waals surface area contributed by atoms with Crippen molar-refractivity contribution >= 4 is 23.7 Å². The Bertz CT molecular complexity index is 592. The van der Waals surface area contributed by atoms with E-state index in [0.717, 1.165) is 56.5 Å². The van der Waals surface area contributed by atoms with E-state index in [2.05, 4.69) is 26.1 Å². The summed E-state index contributed by atoms with van der Waals surface area (Å²) in [4.78, 5) is 24.8. The fraction of sp³-hybridized carbons (Fsp3) is 0.943. The zero-order chi connectivity index (χ0) is 30.9. The summed E-state index contributed by atoms with van der Waals surface area (Å²) >= 11 is 1.87. The van der Waals surface area contributed by atoms with E-state index < -0.39 is 0 Å². The van der Waals surface area contributed by atoms with Gasteiger partial charge in [-0.05, 0) is 37.4 Å². The van der Waals surface area contributed by atoms with E-state index in [9.17, 15) is 14.7 Å². The minimum atomic E-state index is -0.333. The van der Waals surface area contributed by atoms with Gasteiger partial charge in [-0.1, -0.05) is 130 Å². The molecule has 2 N–H and O–H groups in total. The highest BCUT2D eigenvalue weighted by atomic mass is 32.2. The molecule has 0 aromatic rings. The molecule has 0 aliphatic rings. The first-order valence-corrected chi connectivity index (χ1v) is 19.0. The van der Waals surface area contributed by atoms with Crippen molar-refractivity contribution in [1.29, 1.82) is 0 Å². The minimum absolute atomic E-state index is 0.0207. The highest BCUT2D eigenvalue weighted by molar-refractivity contribution is 7.99. The molecule has 0 spiro atoms. The first-order valence-electron chi connectivity index (χ1n) is 17.8. The molecule has 42 heavy (non-hydrogen) atoms. The molecule has 0 bridgehead atoms. The van der Waals surface area contributed by atoms with Crippen LogP contribution < -0.4 is 5.32 Å². The SMILES string of the molecule is CCCCCCCCCOC(=O)C(CCCCC(CCCCCC)CCCCC(=O)OCCSCCCC)NCCO. The monoisotopic (exact) mass is 615 g/mol. The van der Waals surface area contributed by atoms with Gasteiger partial charge in [0.15, 0.2) is 0 Å². The molecule has 0 amide bonds. The standard InChI is InChI=1S/C35H69NO5S/c1-4-7-10-12-13-14-20-28-41-35(39)33(36-26-27-37)24-18-16-22-32(21-15-11-8-5-2)23-17-19-25-34(38)40-29-31-42-30-9-6-3/h32-33,36-37H,4-31H2,1-3H3. The Labute approximate surface area is 264 Å². The van der Waals surface area contributed by atoms with E-state index in [4.69, 9.17) is 9.47 Å². The Morgan fingerprint density at radius 1 is 0.643 bits per heavy atom. The van der Waals surface area contributed by atoms with Crippen LogP contribution in [0.4, 0.5) is 0 Å². The molecule has 0 aliphatic carbocycles. The van der Waals surface area contributed by atoms with Gasteiger partial charge in [-0.2, -0.15) is 11.8 Å². The molecule has 0 radical (unpaired) electrons. The van der Waals surface area contributed by atoms with Crippen molar-refractivity contribution in [3.05, 3.63) is 0 Å². The normalized spacial score (nSPS) is 12.8. The van der Waals surface area contributed by atoms with Crippen LogP contribution in [0.15, 0.2) is 0 Å². The van der Waals surface area contributed by atoms with Gasteiger partial charge in [0.2, 0.25) is 0 Å². The Morgan fingerprint density at radius 2 is 1.21 bits per heavy atom. The largest absolute Gasteiger partial charge is 0.465 e. The maximum Gasteiger partial charge on any atom is 0.323 e. The van der Waals surface area contributed by atoms with Gasteiger partial charge in [0.25, 0.3) is 0 Å². The number of hydrogen-bond donors (Lipinski definition) is 2. The first kappa shape index (κ1) is 41.2. The second-order valence-electron chi connectivity index (χ2n) is 12.0. The van der Waals surface area contributed by atoms with Gasteiger partial charge in [0, 0.05) is 18.7 Å². The topological polar surface area (TPSA) is 84.9 Å². The number of thioether (sulfide) groups is 1. The lowest BCUT2D eigenvalue weighted by molar-refractivity contribution is -0.146. The second kappa shape index (κ2) is 33.1. The fourth-order valence-corrected chi connectivity index (χ4v) is 6.18. The van der Waals surface area contributed by atoms with Gasteiger partial charge in [-0.25, -0.2) is 0 Å². The van der Waals surface area contributed by atoms with Crippen molar-refractivity contribution in [2.24, 2.45) is 5.92 Å². The molecule has 0 aromatic carbocycles. The van der Waals surface area contributed by atoms with Crippen LogP contribution in [0.2, 0.25) is 0 Å². The number of carbonyl (C=O) groups is 2. The van der Waals surface area contributed by atoms with Crippen molar-refractivity contribution in [1.82, 2.24) is 5.32 Å². The summed E-state index contributed by atoms with van der Waals surface area (Å²) in [6.45, 7) is 8.14. The molecule has 0 heterocycles. The molecule has 0 saturated carbocycles. The molecule has 0 aromatic heterocycles. The third kappa shape index (κ3) is 28.0. The first-order chi connectivity index (χ1) is 20.6. The summed E-state index contributed by atoms with van der Waals surface area (Å²) in [6.07, 6.45) is 24.9. The Hall–Kier alpha value is -0.790. The van der Waals surface area contributed by atoms with Crippen molar-refractivity contribution in [2.45, 2.75) is 168 Å². The Balaban J connectivity index is 4.34. The van der Waals surface area contributed by atoms with E-state index in [1.165, 1.54) is 89.9 Å². The molecule has 250 valence electrons. The van der Waals surface area contributed by atoms with E-state index in [1.807, 2.05) is 11.8 Å². The molecule has 0 rings (SSSR count). The average Bonchev–Trinajstić information content (AvgIpc) is 2.99. The van der Waals surface area contributed by atoms with Crippen molar-refractivity contribution in [3.63, 3.8) is 0 Å². The lowest BCUT2D eigenvalue weighted by Crippen LogP contribution is -2.39. The number of unbranched alkanes of at least 4 members (excludes halogenated alkanes) is 12. The lowest BCUT2D eigenvalue weighted by atomic mass is 9.89. The van der Waals surface area contributed by atoms with Crippen molar-refractivity contribution in [2.75, 3.05) is 37.9 Å². The third-order valence-corrected chi connectivity index (χ3v) is 9.01. The maximum atomic E-state index is 12.7. The Morgan fingerprint density at radius 3 is 1.88 bits per heavy atom. The number of aliphatic hydroxyl groups excluding tert-OH is 1. The van der Waals surface area contributed by atoms with E-state index in [1.54, 1.807) is 0 Å². The number of aliphatic hydroxyl groups is 1. The van der Waals surface area contributed by atoms with Crippen LogP contribution >= 0.6 is 11.8 Å². The van der Waals surface area contributed by atoms with Crippen LogP contribution in [-0.2, 0) is 19.1 Å². The van der Waals surface area contributed by atoms with Crippen molar-refractivity contribution < 1.29 is 24.2 Å². The van der Waals surface area contributed by atoms with E-state index in [-0.39, 0.29) is 24.6 Å². The number of rotatable bonds is 33. The molecular weight excluding hydrogens is 546 g/mol. The molecule has 7 heteroatoms. The van der Waals surface area contributed by atoms with Crippen LogP contribution in [0, 0.1) is 5.92 Å². The summed E-state index contributed by atoms with van der Waals surface area (Å²) in [5.74, 6) is 2.51. The third-order valence-electron chi connectivity index (χ3n) is 7.98. The highest BCUT2D eigenvalue weighted by Gasteiger charge is 2.19. The highest BCUT2D eigenvalue weighted by Crippen LogP contribution is 2.24. The van der Waals surface area contributed by atoms with Crippen molar-refractivity contribution in [3.8, 4) is 0 Å².